The number of nitrogens with zero attached hydrogens (tertiary/aromatic N) is 3. The number of carbonyl (C=O) groups is 2. The molecule has 6 nitrogen and oxygen atoms in total. The lowest BCUT2D eigenvalue weighted by molar-refractivity contribution is -0.143. The highest BCUT2D eigenvalue weighted by Gasteiger charge is 2.31. The minimum Gasteiger partial charge on any atom is -0.481 e. The molecule has 0 bridgehead atoms. The summed E-state index contributed by atoms with van der Waals surface area (Å²) >= 11 is 1.11. The maximum Gasteiger partial charge on any atom is 0.306 e. The van der Waals surface area contributed by atoms with Crippen LogP contribution >= 0.6 is 11.3 Å². The molecule has 4 heterocycles. The molecule has 1 aliphatic heterocycles. The number of carboxylic acids is 1. The zero-order chi connectivity index (χ0) is 23.8. The zero-order valence-electron chi connectivity index (χ0n) is 18.8. The Balaban J connectivity index is 1.35. The van der Waals surface area contributed by atoms with E-state index < -0.39 is 12.4 Å². The Kier molecular flexibility index (Phi) is 6.38. The van der Waals surface area contributed by atoms with Crippen LogP contribution in [0, 0.1) is 11.8 Å². The van der Waals surface area contributed by atoms with Gasteiger partial charge >= 0.3 is 5.97 Å². The monoisotopic (exact) mass is 487 g/mol. The van der Waals surface area contributed by atoms with E-state index in [0.717, 1.165) is 52.2 Å². The minimum atomic E-state index is -2.48. The van der Waals surface area contributed by atoms with Crippen molar-refractivity contribution in [3.8, 4) is 0 Å². The molecule has 0 atom stereocenters. The van der Waals surface area contributed by atoms with Gasteiger partial charge < -0.3 is 14.6 Å². The number of aromatic nitrogens is 2. The molecule has 0 radical (unpaired) electrons. The van der Waals surface area contributed by atoms with Gasteiger partial charge in [0.25, 0.3) is 6.43 Å². The van der Waals surface area contributed by atoms with Gasteiger partial charge in [0, 0.05) is 35.1 Å². The van der Waals surface area contributed by atoms with Crippen LogP contribution in [0.15, 0.2) is 30.5 Å². The Morgan fingerprint density at radius 2 is 1.97 bits per heavy atom. The minimum absolute atomic E-state index is 0.0581. The van der Waals surface area contributed by atoms with E-state index in [0.29, 0.717) is 38.9 Å². The van der Waals surface area contributed by atoms with Gasteiger partial charge in [-0.2, -0.15) is 0 Å². The van der Waals surface area contributed by atoms with Gasteiger partial charge in [-0.05, 0) is 67.9 Å². The van der Waals surface area contributed by atoms with Crippen LogP contribution in [0.1, 0.15) is 59.5 Å². The molecule has 0 saturated heterocycles. The van der Waals surface area contributed by atoms with Crippen molar-refractivity contribution in [3.63, 3.8) is 0 Å². The third kappa shape index (κ3) is 4.45. The number of hydrogen-bond donors (Lipinski definition) is 1. The van der Waals surface area contributed by atoms with Gasteiger partial charge in [0.15, 0.2) is 0 Å². The fourth-order valence-corrected chi connectivity index (χ4v) is 6.24. The van der Waals surface area contributed by atoms with E-state index >= 15 is 0 Å². The van der Waals surface area contributed by atoms with Gasteiger partial charge in [-0.1, -0.05) is 0 Å². The summed E-state index contributed by atoms with van der Waals surface area (Å²) in [6, 6.07) is 7.16. The van der Waals surface area contributed by atoms with Crippen LogP contribution < -0.4 is 0 Å². The van der Waals surface area contributed by atoms with Crippen LogP contribution in [-0.4, -0.2) is 38.0 Å². The Hall–Kier alpha value is -2.81. The zero-order valence-corrected chi connectivity index (χ0v) is 19.6. The first-order chi connectivity index (χ1) is 16.4. The third-order valence-electron chi connectivity index (χ3n) is 7.24. The fourth-order valence-electron chi connectivity index (χ4n) is 5.39. The molecule has 3 aromatic rings. The molecule has 34 heavy (non-hydrogen) atoms. The average molecular weight is 488 g/mol. The molecule has 5 rings (SSSR count). The molecule has 1 aliphatic carbocycles. The first-order valence-corrected chi connectivity index (χ1v) is 12.5. The van der Waals surface area contributed by atoms with Crippen LogP contribution in [0.4, 0.5) is 8.78 Å². The second kappa shape index (κ2) is 9.44. The fraction of sp³-hybridized carbons (Fsp3) is 0.480. The van der Waals surface area contributed by atoms with Crippen molar-refractivity contribution in [3.05, 3.63) is 51.5 Å². The van der Waals surface area contributed by atoms with E-state index in [2.05, 4.69) is 9.55 Å². The molecule has 1 fully saturated rings. The smallest absolute Gasteiger partial charge is 0.306 e. The largest absolute Gasteiger partial charge is 0.481 e. The first kappa shape index (κ1) is 23.0. The van der Waals surface area contributed by atoms with Gasteiger partial charge in [0.1, 0.15) is 5.65 Å². The first-order valence-electron chi connectivity index (χ1n) is 11.7. The number of aliphatic carboxylic acids is 1. The Morgan fingerprint density at radius 1 is 1.18 bits per heavy atom. The van der Waals surface area contributed by atoms with Crippen LogP contribution in [0.3, 0.4) is 0 Å². The van der Waals surface area contributed by atoms with Crippen LogP contribution in [-0.2, 0) is 29.1 Å². The summed E-state index contributed by atoms with van der Waals surface area (Å²) in [7, 11) is 0. The number of fused-ring (bicyclic) bond motifs is 3. The molecular weight excluding hydrogens is 460 g/mol. The van der Waals surface area contributed by atoms with Crippen molar-refractivity contribution in [2.24, 2.45) is 11.8 Å². The second-order valence-electron chi connectivity index (χ2n) is 9.32. The predicted molar refractivity (Wildman–Crippen MR) is 125 cm³/mol. The summed E-state index contributed by atoms with van der Waals surface area (Å²) in [5, 5.41) is 10.3. The lowest BCUT2D eigenvalue weighted by Crippen LogP contribution is -2.38. The lowest BCUT2D eigenvalue weighted by atomic mass is 9.80. The summed E-state index contributed by atoms with van der Waals surface area (Å²) in [5.74, 6) is -0.683. The molecule has 0 aromatic carbocycles. The molecule has 1 saturated carbocycles. The number of thiophene rings is 1. The van der Waals surface area contributed by atoms with E-state index in [4.69, 9.17) is 0 Å². The number of alkyl halides is 2. The molecule has 180 valence electrons. The van der Waals surface area contributed by atoms with Gasteiger partial charge in [-0.25, -0.2) is 13.8 Å². The molecule has 1 N–H and O–H groups in total. The SMILES string of the molecule is O=C(O)C1CCC(CC(=O)N2CCc3c(n(Cc4ccc(C(F)F)s4)c4ncccc34)C2)CC1. The predicted octanol–water partition coefficient (Wildman–Crippen LogP) is 5.25. The molecule has 0 spiro atoms. The third-order valence-corrected chi connectivity index (χ3v) is 8.31. The van der Waals surface area contributed by atoms with E-state index in [9.17, 15) is 23.5 Å². The van der Waals surface area contributed by atoms with Crippen molar-refractivity contribution in [1.29, 1.82) is 0 Å². The molecule has 2 aliphatic rings. The van der Waals surface area contributed by atoms with Crippen molar-refractivity contribution in [2.75, 3.05) is 6.54 Å². The number of carbonyl (C=O) groups excluding carboxylic acids is 1. The number of pyridine rings is 1. The quantitative estimate of drug-likeness (QED) is 0.515. The van der Waals surface area contributed by atoms with E-state index in [1.165, 1.54) is 11.6 Å². The Bertz CT molecular complexity index is 1210. The average Bonchev–Trinajstić information content (AvgIpc) is 3.43. The van der Waals surface area contributed by atoms with Crippen LogP contribution in [0.25, 0.3) is 11.0 Å². The summed E-state index contributed by atoms with van der Waals surface area (Å²) in [4.78, 5) is 31.7. The topological polar surface area (TPSA) is 75.4 Å². The normalized spacial score (nSPS) is 20.6. The Labute approximate surface area is 200 Å². The highest BCUT2D eigenvalue weighted by Crippen LogP contribution is 2.35. The number of hydrogen-bond acceptors (Lipinski definition) is 4. The highest BCUT2D eigenvalue weighted by molar-refractivity contribution is 7.12. The molecule has 1 amide bonds. The number of amides is 1. The standard InChI is InChI=1S/C25H27F2N3O3S/c26-23(27)21-8-7-17(34-21)13-30-20-14-29(11-9-18(20)19-2-1-10-28-24(19)30)22(31)12-15-3-5-16(6-4-15)25(32)33/h1-2,7-8,10,15-16,23H,3-6,9,11-14H2,(H,32,33). The van der Waals surface area contributed by atoms with E-state index in [1.807, 2.05) is 17.0 Å². The van der Waals surface area contributed by atoms with Crippen molar-refractivity contribution < 1.29 is 23.5 Å². The van der Waals surface area contributed by atoms with Gasteiger partial charge in [-0.3, -0.25) is 9.59 Å². The molecule has 9 heteroatoms. The molecule has 0 unspecified atom stereocenters. The van der Waals surface area contributed by atoms with E-state index in [1.54, 1.807) is 12.3 Å². The Morgan fingerprint density at radius 3 is 2.68 bits per heavy atom. The number of carboxylic acid groups (broad SMARTS) is 1. The molecular formula is C25H27F2N3O3S. The van der Waals surface area contributed by atoms with E-state index in [-0.39, 0.29) is 22.6 Å². The van der Waals surface area contributed by atoms with Crippen LogP contribution in [0.5, 0.6) is 0 Å². The lowest BCUT2D eigenvalue weighted by Gasteiger charge is -2.31. The molecule has 3 aromatic heterocycles. The highest BCUT2D eigenvalue weighted by atomic mass is 32.1. The summed E-state index contributed by atoms with van der Waals surface area (Å²) in [5.41, 5.74) is 3.02. The summed E-state index contributed by atoms with van der Waals surface area (Å²) in [6.07, 6.45) is 3.26. The van der Waals surface area contributed by atoms with Gasteiger partial charge in [-0.15, -0.1) is 11.3 Å². The summed E-state index contributed by atoms with van der Waals surface area (Å²) in [6.45, 7) is 1.56. The maximum absolute atomic E-state index is 13.2. The van der Waals surface area contributed by atoms with Gasteiger partial charge in [0.2, 0.25) is 5.91 Å². The second-order valence-corrected chi connectivity index (χ2v) is 10.5. The van der Waals surface area contributed by atoms with Gasteiger partial charge in [0.05, 0.1) is 23.9 Å². The van der Waals surface area contributed by atoms with Crippen molar-refractivity contribution in [1.82, 2.24) is 14.5 Å². The number of rotatable bonds is 6. The maximum atomic E-state index is 13.2. The number of halogens is 2. The van der Waals surface area contributed by atoms with Crippen molar-refractivity contribution >= 4 is 34.2 Å². The summed E-state index contributed by atoms with van der Waals surface area (Å²) < 4.78 is 28.3. The van der Waals surface area contributed by atoms with Crippen LogP contribution in [0.2, 0.25) is 0 Å². The van der Waals surface area contributed by atoms with Crippen molar-refractivity contribution in [2.45, 2.75) is 58.0 Å².